The Labute approximate surface area is 179 Å². The number of nitro benzene ring substituents is 1. The van der Waals surface area contributed by atoms with Gasteiger partial charge in [0.25, 0.3) is 5.91 Å². The molecular formula is C23H22N2O6. The first-order chi connectivity index (χ1) is 15.0. The van der Waals surface area contributed by atoms with Crippen LogP contribution in [0.15, 0.2) is 60.7 Å². The van der Waals surface area contributed by atoms with E-state index < -0.39 is 16.5 Å². The van der Waals surface area contributed by atoms with Crippen LogP contribution in [0.1, 0.15) is 21.5 Å². The first kappa shape index (κ1) is 21.6. The molecule has 0 unspecified atom stereocenters. The summed E-state index contributed by atoms with van der Waals surface area (Å²) in [5, 5.41) is 14.6. The highest BCUT2D eigenvalue weighted by Gasteiger charge is 2.32. The highest BCUT2D eigenvalue weighted by atomic mass is 16.6. The van der Waals surface area contributed by atoms with Crippen LogP contribution in [0.3, 0.4) is 0 Å². The maximum absolute atomic E-state index is 13.1. The SMILES string of the molecule is COc1cc(C(=O)Nc2ccccc2Cc2ccccc2)c([N+](=O)[O-])c(OC)c1OC. The molecule has 0 spiro atoms. The molecular weight excluding hydrogens is 400 g/mol. The van der Waals surface area contributed by atoms with Crippen LogP contribution in [-0.4, -0.2) is 32.2 Å². The van der Waals surface area contributed by atoms with E-state index in [0.29, 0.717) is 12.1 Å². The van der Waals surface area contributed by atoms with E-state index in [1.54, 1.807) is 12.1 Å². The average molecular weight is 422 g/mol. The summed E-state index contributed by atoms with van der Waals surface area (Å²) in [5.74, 6) is -0.661. The number of nitrogens with zero attached hydrogens (tertiary/aromatic N) is 1. The van der Waals surface area contributed by atoms with Crippen LogP contribution in [0.25, 0.3) is 0 Å². The molecule has 1 N–H and O–H groups in total. The number of anilines is 1. The second kappa shape index (κ2) is 9.62. The van der Waals surface area contributed by atoms with E-state index in [9.17, 15) is 14.9 Å². The first-order valence-corrected chi connectivity index (χ1v) is 9.40. The van der Waals surface area contributed by atoms with Gasteiger partial charge in [-0.05, 0) is 23.6 Å². The largest absolute Gasteiger partial charge is 0.493 e. The Kier molecular flexibility index (Phi) is 6.71. The molecule has 8 heteroatoms. The summed E-state index contributed by atoms with van der Waals surface area (Å²) in [5.41, 5.74) is 1.80. The van der Waals surface area contributed by atoms with Gasteiger partial charge >= 0.3 is 5.69 Å². The van der Waals surface area contributed by atoms with Gasteiger partial charge in [-0.2, -0.15) is 0 Å². The summed E-state index contributed by atoms with van der Waals surface area (Å²) < 4.78 is 15.6. The predicted octanol–water partition coefficient (Wildman–Crippen LogP) is 4.46. The lowest BCUT2D eigenvalue weighted by Crippen LogP contribution is -2.16. The maximum atomic E-state index is 13.1. The van der Waals surface area contributed by atoms with E-state index in [0.717, 1.165) is 11.1 Å². The van der Waals surface area contributed by atoms with Gasteiger partial charge in [0.2, 0.25) is 11.5 Å². The average Bonchev–Trinajstić information content (AvgIpc) is 2.79. The van der Waals surface area contributed by atoms with Crippen LogP contribution >= 0.6 is 0 Å². The molecule has 0 bridgehead atoms. The van der Waals surface area contributed by atoms with Gasteiger partial charge in [0.1, 0.15) is 5.56 Å². The third-order valence-corrected chi connectivity index (χ3v) is 4.73. The summed E-state index contributed by atoms with van der Waals surface area (Å²) in [4.78, 5) is 24.2. The van der Waals surface area contributed by atoms with E-state index in [1.165, 1.54) is 27.4 Å². The lowest BCUT2D eigenvalue weighted by Gasteiger charge is -2.16. The molecule has 3 rings (SSSR count). The Bertz CT molecular complexity index is 1100. The summed E-state index contributed by atoms with van der Waals surface area (Å²) in [6.45, 7) is 0. The topological polar surface area (TPSA) is 99.9 Å². The molecule has 3 aromatic carbocycles. The fourth-order valence-electron chi connectivity index (χ4n) is 3.30. The van der Waals surface area contributed by atoms with Gasteiger partial charge in [-0.25, -0.2) is 0 Å². The molecule has 0 saturated carbocycles. The monoisotopic (exact) mass is 422 g/mol. The molecule has 0 radical (unpaired) electrons. The van der Waals surface area contributed by atoms with Crippen LogP contribution in [0.5, 0.6) is 17.2 Å². The van der Waals surface area contributed by atoms with Crippen LogP contribution in [-0.2, 0) is 6.42 Å². The second-order valence-electron chi connectivity index (χ2n) is 6.57. The highest BCUT2D eigenvalue weighted by Crippen LogP contribution is 2.46. The van der Waals surface area contributed by atoms with E-state index in [-0.39, 0.29) is 22.8 Å². The van der Waals surface area contributed by atoms with Crippen molar-refractivity contribution < 1.29 is 23.9 Å². The van der Waals surface area contributed by atoms with Gasteiger partial charge in [0, 0.05) is 11.8 Å². The molecule has 0 saturated heterocycles. The number of para-hydroxylation sites is 1. The van der Waals surface area contributed by atoms with Crippen molar-refractivity contribution >= 4 is 17.3 Å². The molecule has 0 fully saturated rings. The van der Waals surface area contributed by atoms with Crippen LogP contribution in [0.4, 0.5) is 11.4 Å². The van der Waals surface area contributed by atoms with Crippen molar-refractivity contribution in [3.8, 4) is 17.2 Å². The molecule has 0 aliphatic carbocycles. The number of amides is 1. The number of hydrogen-bond acceptors (Lipinski definition) is 6. The summed E-state index contributed by atoms with van der Waals surface area (Å²) in [6, 6.07) is 18.4. The highest BCUT2D eigenvalue weighted by molar-refractivity contribution is 6.09. The fraction of sp³-hybridized carbons (Fsp3) is 0.174. The Morgan fingerprint density at radius 1 is 0.935 bits per heavy atom. The summed E-state index contributed by atoms with van der Waals surface area (Å²) in [7, 11) is 3.98. The number of carbonyl (C=O) groups excluding carboxylic acids is 1. The van der Waals surface area contributed by atoms with Crippen LogP contribution in [0.2, 0.25) is 0 Å². The number of hydrogen-bond donors (Lipinski definition) is 1. The van der Waals surface area contributed by atoms with Gasteiger partial charge in [-0.1, -0.05) is 48.5 Å². The van der Waals surface area contributed by atoms with Crippen molar-refractivity contribution in [1.82, 2.24) is 0 Å². The first-order valence-electron chi connectivity index (χ1n) is 9.40. The quantitative estimate of drug-likeness (QED) is 0.425. The van der Waals surface area contributed by atoms with Crippen molar-refractivity contribution in [2.24, 2.45) is 0 Å². The summed E-state index contributed by atoms with van der Waals surface area (Å²) in [6.07, 6.45) is 0.592. The summed E-state index contributed by atoms with van der Waals surface area (Å²) >= 11 is 0. The molecule has 31 heavy (non-hydrogen) atoms. The van der Waals surface area contributed by atoms with E-state index >= 15 is 0 Å². The number of benzene rings is 3. The Hall–Kier alpha value is -4.07. The fourth-order valence-corrected chi connectivity index (χ4v) is 3.30. The second-order valence-corrected chi connectivity index (χ2v) is 6.57. The number of ether oxygens (including phenoxy) is 3. The van der Waals surface area contributed by atoms with E-state index in [1.807, 2.05) is 42.5 Å². The number of methoxy groups -OCH3 is 3. The molecule has 0 aliphatic heterocycles. The Morgan fingerprint density at radius 3 is 2.19 bits per heavy atom. The van der Waals surface area contributed by atoms with Crippen molar-refractivity contribution in [2.45, 2.75) is 6.42 Å². The zero-order chi connectivity index (χ0) is 22.4. The van der Waals surface area contributed by atoms with Gasteiger partial charge in [-0.15, -0.1) is 0 Å². The van der Waals surface area contributed by atoms with Gasteiger partial charge < -0.3 is 19.5 Å². The Morgan fingerprint density at radius 2 is 1.58 bits per heavy atom. The van der Waals surface area contributed by atoms with E-state index in [4.69, 9.17) is 14.2 Å². The minimum atomic E-state index is -0.675. The Balaban J connectivity index is 2.02. The van der Waals surface area contributed by atoms with Crippen LogP contribution < -0.4 is 19.5 Å². The van der Waals surface area contributed by atoms with Gasteiger partial charge in [0.05, 0.1) is 26.3 Å². The zero-order valence-electron chi connectivity index (χ0n) is 17.4. The van der Waals surface area contributed by atoms with Crippen LogP contribution in [0, 0.1) is 10.1 Å². The number of nitro groups is 1. The van der Waals surface area contributed by atoms with E-state index in [2.05, 4.69) is 5.32 Å². The number of nitrogens with one attached hydrogen (secondary N) is 1. The minimum Gasteiger partial charge on any atom is -0.493 e. The molecule has 0 heterocycles. The molecule has 0 atom stereocenters. The van der Waals surface area contributed by atoms with Crippen molar-refractivity contribution in [1.29, 1.82) is 0 Å². The third-order valence-electron chi connectivity index (χ3n) is 4.73. The molecule has 1 amide bonds. The molecule has 0 aromatic heterocycles. The van der Waals surface area contributed by atoms with Crippen molar-refractivity contribution in [3.05, 3.63) is 87.5 Å². The number of rotatable bonds is 8. The molecule has 160 valence electrons. The minimum absolute atomic E-state index is 0.0396. The number of carbonyl (C=O) groups is 1. The standard InChI is InChI=1S/C23H22N2O6/c1-29-19-14-17(20(25(27)28)22(31-3)21(19)30-2)23(26)24-18-12-8-7-11-16(18)13-15-9-5-4-6-10-15/h4-12,14H,13H2,1-3H3,(H,24,26). The predicted molar refractivity (Wildman–Crippen MR) is 116 cm³/mol. The van der Waals surface area contributed by atoms with Crippen molar-refractivity contribution in [3.63, 3.8) is 0 Å². The third kappa shape index (κ3) is 4.58. The molecule has 8 nitrogen and oxygen atoms in total. The van der Waals surface area contributed by atoms with Crippen molar-refractivity contribution in [2.75, 3.05) is 26.6 Å². The lowest BCUT2D eigenvalue weighted by molar-refractivity contribution is -0.386. The maximum Gasteiger partial charge on any atom is 0.327 e. The molecule has 0 aliphatic rings. The zero-order valence-corrected chi connectivity index (χ0v) is 17.4. The smallest absolute Gasteiger partial charge is 0.327 e. The lowest BCUT2D eigenvalue weighted by atomic mass is 10.0. The normalized spacial score (nSPS) is 10.3. The molecule has 3 aromatic rings. The van der Waals surface area contributed by atoms with Gasteiger partial charge in [-0.3, -0.25) is 14.9 Å². The van der Waals surface area contributed by atoms with Gasteiger partial charge in [0.15, 0.2) is 5.75 Å².